The average Bonchev–Trinajstić information content (AvgIpc) is 2.86. The highest BCUT2D eigenvalue weighted by molar-refractivity contribution is 7.91. The van der Waals surface area contributed by atoms with Crippen molar-refractivity contribution >= 4 is 33.8 Å². The third-order valence-corrected chi connectivity index (χ3v) is 7.98. The van der Waals surface area contributed by atoms with E-state index in [4.69, 9.17) is 0 Å². The number of carbonyl (C=O) groups excluding carboxylic acids is 1. The lowest BCUT2D eigenvalue weighted by Crippen LogP contribution is -2.44. The largest absolute Gasteiger partial charge is 0.573 e. The molecule has 16 heteroatoms. The maximum absolute atomic E-state index is 13.9. The van der Waals surface area contributed by atoms with Crippen LogP contribution in [0.5, 0.6) is 5.75 Å². The van der Waals surface area contributed by atoms with Crippen molar-refractivity contribution in [2.45, 2.75) is 49.8 Å². The van der Waals surface area contributed by atoms with Gasteiger partial charge in [-0.25, -0.2) is 8.42 Å². The summed E-state index contributed by atoms with van der Waals surface area (Å²) < 4.78 is 108. The van der Waals surface area contributed by atoms with Crippen LogP contribution in [-0.4, -0.2) is 57.5 Å². The number of nitrogens with one attached hydrogen (secondary N) is 3. The Bertz CT molecular complexity index is 1290. The number of benzene rings is 2. The third kappa shape index (κ3) is 8.88. The first-order valence-electron chi connectivity index (χ1n) is 11.9. The lowest BCUT2D eigenvalue weighted by atomic mass is 10.0. The minimum atomic E-state index is -5.07. The molecule has 1 amide bonds. The number of amides is 1. The molecule has 0 aliphatic carbocycles. The molecule has 224 valence electrons. The van der Waals surface area contributed by atoms with Gasteiger partial charge in [-0.2, -0.15) is 13.2 Å². The highest BCUT2D eigenvalue weighted by atomic mass is 35.5. The average molecular weight is 619 g/mol. The van der Waals surface area contributed by atoms with Gasteiger partial charge in [0.1, 0.15) is 5.75 Å². The van der Waals surface area contributed by atoms with Gasteiger partial charge in [0, 0.05) is 30.8 Å². The number of anilines is 1. The standard InChI is InChI=1S/C24H28F6N4O4S.ClH/c1-3-39(36,37)21-9-8-18(38-24(28,29)30)12-20(21)32-33-22(35)15-6-7-16(19(11-15)23(25,26)27)13-34-10-4-5-17(14-34)31-2;/h6-9,11-12,17,31-32H,3-5,10,13-14H2,1-2H3,(H,33,35);1H/t17-;/m0./s1. The molecule has 1 heterocycles. The zero-order chi connectivity index (χ0) is 29.0. The van der Waals surface area contributed by atoms with E-state index in [2.05, 4.69) is 20.9 Å². The van der Waals surface area contributed by atoms with Gasteiger partial charge in [-0.05, 0) is 56.3 Å². The maximum Gasteiger partial charge on any atom is 0.573 e. The Labute approximate surface area is 233 Å². The van der Waals surface area contributed by atoms with E-state index in [1.165, 1.54) is 19.1 Å². The Morgan fingerprint density at radius 1 is 1.10 bits per heavy atom. The van der Waals surface area contributed by atoms with Gasteiger partial charge in [-0.1, -0.05) is 13.0 Å². The minimum absolute atomic E-state index is 0. The number of carbonyl (C=O) groups is 1. The summed E-state index contributed by atoms with van der Waals surface area (Å²) in [4.78, 5) is 14.2. The molecule has 1 aliphatic rings. The summed E-state index contributed by atoms with van der Waals surface area (Å²) in [5, 5.41) is 3.12. The van der Waals surface area contributed by atoms with E-state index in [0.717, 1.165) is 25.0 Å². The molecule has 1 aliphatic heterocycles. The highest BCUT2D eigenvalue weighted by Gasteiger charge is 2.35. The van der Waals surface area contributed by atoms with Crippen LogP contribution in [0.25, 0.3) is 0 Å². The Morgan fingerprint density at radius 2 is 1.80 bits per heavy atom. The van der Waals surface area contributed by atoms with E-state index < -0.39 is 61.5 Å². The molecule has 0 spiro atoms. The first kappa shape index (κ1) is 33.5. The number of sulfone groups is 1. The molecule has 1 saturated heterocycles. The molecule has 0 bridgehead atoms. The van der Waals surface area contributed by atoms with E-state index in [0.29, 0.717) is 25.2 Å². The molecular weight excluding hydrogens is 590 g/mol. The summed E-state index contributed by atoms with van der Waals surface area (Å²) in [5.74, 6) is -2.24. The number of likely N-dealkylation sites (tertiary alicyclic amines) is 1. The van der Waals surface area contributed by atoms with Crippen molar-refractivity contribution in [2.75, 3.05) is 31.3 Å². The Balaban J connectivity index is 0.00000560. The van der Waals surface area contributed by atoms with Crippen molar-refractivity contribution in [2.24, 2.45) is 0 Å². The van der Waals surface area contributed by atoms with Crippen LogP contribution in [0.4, 0.5) is 32.0 Å². The van der Waals surface area contributed by atoms with Gasteiger partial charge >= 0.3 is 12.5 Å². The van der Waals surface area contributed by atoms with Gasteiger partial charge in [0.15, 0.2) is 9.84 Å². The van der Waals surface area contributed by atoms with Crippen molar-refractivity contribution in [3.05, 3.63) is 53.1 Å². The second kappa shape index (κ2) is 13.3. The molecule has 2 aromatic rings. The van der Waals surface area contributed by atoms with Crippen LogP contribution in [-0.2, 0) is 22.6 Å². The molecule has 3 N–H and O–H groups in total. The number of piperidine rings is 1. The normalized spacial score (nSPS) is 16.6. The Hall–Kier alpha value is -2.75. The monoisotopic (exact) mass is 618 g/mol. The topological polar surface area (TPSA) is 99.8 Å². The van der Waals surface area contributed by atoms with Crippen molar-refractivity contribution < 1.29 is 44.3 Å². The van der Waals surface area contributed by atoms with E-state index in [1.54, 1.807) is 7.05 Å². The molecule has 1 fully saturated rings. The fraction of sp³-hybridized carbons (Fsp3) is 0.458. The third-order valence-electron chi connectivity index (χ3n) is 6.20. The Morgan fingerprint density at radius 3 is 2.40 bits per heavy atom. The van der Waals surface area contributed by atoms with Crippen LogP contribution in [0.3, 0.4) is 0 Å². The molecule has 0 radical (unpaired) electrons. The van der Waals surface area contributed by atoms with Gasteiger partial charge in [0.25, 0.3) is 5.91 Å². The van der Waals surface area contributed by atoms with Crippen molar-refractivity contribution in [3.8, 4) is 5.75 Å². The van der Waals surface area contributed by atoms with E-state index >= 15 is 0 Å². The van der Waals surface area contributed by atoms with Gasteiger partial charge in [0.2, 0.25) is 0 Å². The number of ether oxygens (including phenoxy) is 1. The number of hydrazine groups is 1. The molecule has 1 atom stereocenters. The number of nitrogens with zero attached hydrogens (tertiary/aromatic N) is 1. The molecule has 8 nitrogen and oxygen atoms in total. The van der Waals surface area contributed by atoms with E-state index in [-0.39, 0.29) is 30.6 Å². The van der Waals surface area contributed by atoms with Crippen molar-refractivity contribution in [3.63, 3.8) is 0 Å². The maximum atomic E-state index is 13.9. The number of likely N-dealkylation sites (N-methyl/N-ethyl adjacent to an activating group) is 1. The lowest BCUT2D eigenvalue weighted by Gasteiger charge is -2.33. The number of halogens is 7. The van der Waals surface area contributed by atoms with Crippen LogP contribution in [0.1, 0.15) is 41.3 Å². The zero-order valence-corrected chi connectivity index (χ0v) is 23.1. The smallest absolute Gasteiger partial charge is 0.406 e. The summed E-state index contributed by atoms with van der Waals surface area (Å²) in [6.07, 6.45) is -8.09. The zero-order valence-electron chi connectivity index (χ0n) is 21.4. The molecule has 0 saturated carbocycles. The minimum Gasteiger partial charge on any atom is -0.406 e. The molecule has 2 aromatic carbocycles. The quantitative estimate of drug-likeness (QED) is 0.275. The summed E-state index contributed by atoms with van der Waals surface area (Å²) >= 11 is 0. The van der Waals surface area contributed by atoms with Crippen LogP contribution in [0, 0.1) is 0 Å². The second-order valence-corrected chi connectivity index (χ2v) is 11.2. The first-order valence-corrected chi connectivity index (χ1v) is 13.6. The summed E-state index contributed by atoms with van der Waals surface area (Å²) in [5.41, 5.74) is 2.39. The van der Waals surface area contributed by atoms with E-state index in [1.807, 2.05) is 4.90 Å². The highest BCUT2D eigenvalue weighted by Crippen LogP contribution is 2.34. The summed E-state index contributed by atoms with van der Waals surface area (Å²) in [6, 6.07) is 5.59. The number of alkyl halides is 6. The first-order chi connectivity index (χ1) is 18.1. The molecular formula is C24H29ClF6N4O4S. The number of rotatable bonds is 9. The fourth-order valence-electron chi connectivity index (χ4n) is 4.22. The molecule has 40 heavy (non-hydrogen) atoms. The SMILES string of the molecule is CCS(=O)(=O)c1ccc(OC(F)(F)F)cc1NNC(=O)c1ccc(CN2CCC[C@H](NC)C2)c(C(F)(F)F)c1.Cl. The number of hydrogen-bond donors (Lipinski definition) is 3. The van der Waals surface area contributed by atoms with Gasteiger partial charge in [-0.15, -0.1) is 25.6 Å². The Kier molecular flexibility index (Phi) is 11.1. The molecule has 0 unspecified atom stereocenters. The summed E-state index contributed by atoms with van der Waals surface area (Å²) in [7, 11) is -2.17. The number of hydrogen-bond acceptors (Lipinski definition) is 7. The van der Waals surface area contributed by atoms with Crippen molar-refractivity contribution in [1.29, 1.82) is 0 Å². The summed E-state index contributed by atoms with van der Waals surface area (Å²) in [6.45, 7) is 2.53. The molecule has 3 rings (SSSR count). The second-order valence-electron chi connectivity index (χ2n) is 8.92. The van der Waals surface area contributed by atoms with Gasteiger partial charge < -0.3 is 10.1 Å². The predicted octanol–water partition coefficient (Wildman–Crippen LogP) is 4.76. The van der Waals surface area contributed by atoms with Crippen LogP contribution >= 0.6 is 12.4 Å². The predicted molar refractivity (Wildman–Crippen MR) is 138 cm³/mol. The van der Waals surface area contributed by atoms with Crippen LogP contribution in [0.2, 0.25) is 0 Å². The fourth-order valence-corrected chi connectivity index (χ4v) is 5.25. The lowest BCUT2D eigenvalue weighted by molar-refractivity contribution is -0.274. The molecule has 0 aromatic heterocycles. The van der Waals surface area contributed by atoms with Crippen LogP contribution in [0.15, 0.2) is 41.3 Å². The van der Waals surface area contributed by atoms with Gasteiger partial charge in [-0.3, -0.25) is 20.5 Å². The van der Waals surface area contributed by atoms with E-state index in [9.17, 15) is 39.6 Å². The van der Waals surface area contributed by atoms with Crippen molar-refractivity contribution in [1.82, 2.24) is 15.6 Å². The van der Waals surface area contributed by atoms with Gasteiger partial charge in [0.05, 0.1) is 21.9 Å². The van der Waals surface area contributed by atoms with Crippen LogP contribution < -0.4 is 20.9 Å².